The molecular formula is C35H35FN8O2. The smallest absolute Gasteiger partial charge is 0.224 e. The maximum absolute atomic E-state index is 14.8. The molecule has 1 saturated heterocycles. The van der Waals surface area contributed by atoms with E-state index < -0.39 is 0 Å². The minimum Gasteiger partial charge on any atom is -0.492 e. The first-order chi connectivity index (χ1) is 22.4. The Labute approximate surface area is 265 Å². The Bertz CT molecular complexity index is 2030. The lowest BCUT2D eigenvalue weighted by molar-refractivity contribution is -0.116. The summed E-state index contributed by atoms with van der Waals surface area (Å²) in [5.74, 6) is 0.312. The van der Waals surface area contributed by atoms with Gasteiger partial charge in [0, 0.05) is 58.8 Å². The number of halogens is 1. The number of nitrogens with one attached hydrogen (secondary N) is 3. The predicted molar refractivity (Wildman–Crippen MR) is 177 cm³/mol. The first-order valence-electron chi connectivity index (χ1n) is 15.6. The molecule has 6 aromatic rings. The van der Waals surface area contributed by atoms with Crippen LogP contribution in [-0.2, 0) is 4.79 Å². The van der Waals surface area contributed by atoms with Crippen LogP contribution in [0.4, 0.5) is 10.1 Å². The van der Waals surface area contributed by atoms with Crippen molar-refractivity contribution in [1.29, 1.82) is 0 Å². The lowest BCUT2D eigenvalue weighted by Crippen LogP contribution is -2.25. The zero-order chi connectivity index (χ0) is 31.6. The lowest BCUT2D eigenvalue weighted by Gasteiger charge is -2.15. The topological polar surface area (TPSA) is 125 Å². The molecule has 234 valence electrons. The van der Waals surface area contributed by atoms with Gasteiger partial charge in [0.15, 0.2) is 0 Å². The molecule has 1 amide bonds. The molecule has 6 heterocycles. The SMILES string of the molecule is CC(C)CC(=O)Nc1cncc(-c2cc3c(-c4cc5c(-c6cc(F)cc(OCCN7CCCC7)c6)nccc5[nH]4)n[nH]c3cn2)c1. The highest BCUT2D eigenvalue weighted by Crippen LogP contribution is 2.35. The van der Waals surface area contributed by atoms with Crippen molar-refractivity contribution in [2.75, 3.05) is 31.6 Å². The van der Waals surface area contributed by atoms with Crippen LogP contribution in [0.2, 0.25) is 0 Å². The van der Waals surface area contributed by atoms with Gasteiger partial charge < -0.3 is 15.0 Å². The van der Waals surface area contributed by atoms with Gasteiger partial charge in [0.05, 0.1) is 40.7 Å². The molecule has 0 bridgehead atoms. The second-order valence-corrected chi connectivity index (χ2v) is 12.2. The number of hydrogen-bond donors (Lipinski definition) is 3. The molecule has 1 fully saturated rings. The van der Waals surface area contributed by atoms with E-state index in [0.717, 1.165) is 52.7 Å². The molecular weight excluding hydrogens is 583 g/mol. The van der Waals surface area contributed by atoms with Crippen LogP contribution < -0.4 is 10.1 Å². The number of fused-ring (bicyclic) bond motifs is 2. The van der Waals surface area contributed by atoms with Crippen LogP contribution >= 0.6 is 0 Å². The molecule has 0 spiro atoms. The fraction of sp³-hybridized carbons (Fsp3) is 0.286. The van der Waals surface area contributed by atoms with Crippen LogP contribution in [0, 0.1) is 11.7 Å². The minimum atomic E-state index is -0.375. The van der Waals surface area contributed by atoms with Crippen LogP contribution in [0.15, 0.2) is 67.3 Å². The van der Waals surface area contributed by atoms with Crippen molar-refractivity contribution >= 4 is 33.4 Å². The Hall–Kier alpha value is -5.16. The Balaban J connectivity index is 1.18. The standard InChI is InChI=1S/C35H35FN8O2/c1-21(2)11-33(45)40-25-13-23(18-37-19-25)30-16-28-32(20-39-30)42-43-35(28)31-17-27-29(41-31)5-6-38-34(27)22-12-24(36)15-26(14-22)46-10-9-44-7-3-4-8-44/h5-6,12-21,41H,3-4,7-11H2,1-2H3,(H,40,45)(H,42,43). The number of H-pyrrole nitrogens is 2. The van der Waals surface area contributed by atoms with Crippen molar-refractivity contribution < 1.29 is 13.9 Å². The minimum absolute atomic E-state index is 0.0540. The highest BCUT2D eigenvalue weighted by molar-refractivity contribution is 6.00. The van der Waals surface area contributed by atoms with Gasteiger partial charge in [0.25, 0.3) is 0 Å². The summed E-state index contributed by atoms with van der Waals surface area (Å²) >= 11 is 0. The van der Waals surface area contributed by atoms with Crippen LogP contribution in [0.25, 0.3) is 55.7 Å². The van der Waals surface area contributed by atoms with Gasteiger partial charge in [-0.15, -0.1) is 0 Å². The van der Waals surface area contributed by atoms with E-state index in [-0.39, 0.29) is 17.6 Å². The van der Waals surface area contributed by atoms with Gasteiger partial charge in [-0.05, 0) is 68.2 Å². The Morgan fingerprint density at radius 2 is 1.83 bits per heavy atom. The molecule has 0 aliphatic carbocycles. The number of carbonyl (C=O) groups is 1. The fourth-order valence-electron chi connectivity index (χ4n) is 6.00. The third-order valence-electron chi connectivity index (χ3n) is 8.18. The summed E-state index contributed by atoms with van der Waals surface area (Å²) in [6.07, 6.45) is 9.66. The van der Waals surface area contributed by atoms with Crippen molar-refractivity contribution in [3.63, 3.8) is 0 Å². The number of pyridine rings is 3. The number of ether oxygens (including phenoxy) is 1. The van der Waals surface area contributed by atoms with Crippen LogP contribution in [0.5, 0.6) is 5.75 Å². The third-order valence-corrected chi connectivity index (χ3v) is 8.18. The number of benzene rings is 1. The molecule has 0 atom stereocenters. The number of aromatic nitrogens is 6. The molecule has 46 heavy (non-hydrogen) atoms. The zero-order valence-electron chi connectivity index (χ0n) is 25.8. The van der Waals surface area contributed by atoms with Gasteiger partial charge in [0.1, 0.15) is 23.9 Å². The van der Waals surface area contributed by atoms with Crippen LogP contribution in [-0.4, -0.2) is 67.2 Å². The highest BCUT2D eigenvalue weighted by Gasteiger charge is 2.17. The Morgan fingerprint density at radius 1 is 0.978 bits per heavy atom. The average Bonchev–Trinajstić information content (AvgIpc) is 3.80. The number of amides is 1. The molecule has 10 nitrogen and oxygen atoms in total. The second kappa shape index (κ2) is 12.7. The Morgan fingerprint density at radius 3 is 2.67 bits per heavy atom. The van der Waals surface area contributed by atoms with Crippen LogP contribution in [0.3, 0.4) is 0 Å². The summed E-state index contributed by atoms with van der Waals surface area (Å²) in [5.41, 5.74) is 6.46. The molecule has 11 heteroatoms. The van der Waals surface area contributed by atoms with Gasteiger partial charge in [-0.3, -0.25) is 29.7 Å². The molecule has 0 saturated carbocycles. The molecule has 0 unspecified atom stereocenters. The van der Waals surface area contributed by atoms with Crippen molar-refractivity contribution in [3.05, 3.63) is 73.1 Å². The number of hydrogen-bond acceptors (Lipinski definition) is 7. The molecule has 1 aliphatic heterocycles. The average molecular weight is 619 g/mol. The monoisotopic (exact) mass is 618 g/mol. The number of aromatic amines is 2. The van der Waals surface area contributed by atoms with Crippen molar-refractivity contribution in [3.8, 4) is 39.7 Å². The van der Waals surface area contributed by atoms with E-state index in [1.54, 1.807) is 24.8 Å². The van der Waals surface area contributed by atoms with E-state index in [1.807, 2.05) is 44.2 Å². The summed E-state index contributed by atoms with van der Waals surface area (Å²) in [7, 11) is 0. The van der Waals surface area contributed by atoms with Gasteiger partial charge in [0.2, 0.25) is 5.91 Å². The summed E-state index contributed by atoms with van der Waals surface area (Å²) in [6, 6.07) is 12.4. The molecule has 3 N–H and O–H groups in total. The van der Waals surface area contributed by atoms with E-state index in [2.05, 4.69) is 40.3 Å². The van der Waals surface area contributed by atoms with Gasteiger partial charge >= 0.3 is 0 Å². The Kier molecular flexibility index (Phi) is 8.15. The van der Waals surface area contributed by atoms with E-state index in [9.17, 15) is 9.18 Å². The third kappa shape index (κ3) is 6.32. The number of carbonyl (C=O) groups excluding carboxylic acids is 1. The van der Waals surface area contributed by atoms with Gasteiger partial charge in [-0.25, -0.2) is 4.39 Å². The maximum Gasteiger partial charge on any atom is 0.224 e. The van der Waals surface area contributed by atoms with Gasteiger partial charge in [-0.2, -0.15) is 5.10 Å². The number of nitrogens with zero attached hydrogens (tertiary/aromatic N) is 5. The van der Waals surface area contributed by atoms with Gasteiger partial charge in [-0.1, -0.05) is 13.8 Å². The van der Waals surface area contributed by atoms with E-state index in [4.69, 9.17) is 4.74 Å². The zero-order valence-corrected chi connectivity index (χ0v) is 25.8. The normalized spacial score (nSPS) is 13.7. The van der Waals surface area contributed by atoms with Crippen molar-refractivity contribution in [2.24, 2.45) is 5.92 Å². The summed E-state index contributed by atoms with van der Waals surface area (Å²) in [6.45, 7) is 7.52. The molecule has 1 aliphatic rings. The lowest BCUT2D eigenvalue weighted by atomic mass is 10.1. The first kappa shape index (κ1) is 29.5. The van der Waals surface area contributed by atoms with Crippen molar-refractivity contribution in [2.45, 2.75) is 33.1 Å². The molecule has 0 radical (unpaired) electrons. The molecule has 5 aromatic heterocycles. The number of likely N-dealkylation sites (tertiary alicyclic amines) is 1. The summed E-state index contributed by atoms with van der Waals surface area (Å²) in [5, 5.41) is 12.3. The highest BCUT2D eigenvalue weighted by atomic mass is 19.1. The fourth-order valence-corrected chi connectivity index (χ4v) is 6.00. The maximum atomic E-state index is 14.8. The number of rotatable bonds is 10. The summed E-state index contributed by atoms with van der Waals surface area (Å²) in [4.78, 5) is 31.7. The summed E-state index contributed by atoms with van der Waals surface area (Å²) < 4.78 is 20.8. The molecule has 1 aromatic carbocycles. The van der Waals surface area contributed by atoms with E-state index >= 15 is 0 Å². The molecule has 7 rings (SSSR count). The largest absolute Gasteiger partial charge is 0.492 e. The first-order valence-corrected chi connectivity index (χ1v) is 15.6. The van der Waals surface area contributed by atoms with E-state index in [1.165, 1.54) is 25.0 Å². The predicted octanol–water partition coefficient (Wildman–Crippen LogP) is 6.83. The number of anilines is 1. The second-order valence-electron chi connectivity index (χ2n) is 12.2. The van der Waals surface area contributed by atoms with E-state index in [0.29, 0.717) is 47.1 Å². The quantitative estimate of drug-likeness (QED) is 0.154. The van der Waals surface area contributed by atoms with Crippen LogP contribution in [0.1, 0.15) is 33.1 Å². The van der Waals surface area contributed by atoms with Crippen molar-refractivity contribution in [1.82, 2.24) is 35.0 Å².